The van der Waals surface area contributed by atoms with E-state index in [1.165, 1.54) is 5.56 Å². The first kappa shape index (κ1) is 20.4. The average molecular weight is 428 g/mol. The fourth-order valence-electron chi connectivity index (χ4n) is 3.98. The Balaban J connectivity index is 1.94. The maximum Gasteiger partial charge on any atom is 0.203 e. The van der Waals surface area contributed by atoms with Crippen LogP contribution >= 0.6 is 11.6 Å². The Morgan fingerprint density at radius 3 is 2.37 bits per heavy atom. The van der Waals surface area contributed by atoms with Crippen LogP contribution in [0.25, 0.3) is 16.9 Å². The van der Waals surface area contributed by atoms with E-state index in [9.17, 15) is 0 Å². The highest BCUT2D eigenvalue weighted by atomic mass is 35.5. The number of hydrogen-bond donors (Lipinski definition) is 1. The molecule has 0 bridgehead atoms. The second-order valence-electron chi connectivity index (χ2n) is 7.32. The van der Waals surface area contributed by atoms with Crippen LogP contribution in [0.15, 0.2) is 30.3 Å². The molecule has 2 aromatic carbocycles. The Bertz CT molecular complexity index is 1050. The maximum atomic E-state index is 6.19. The van der Waals surface area contributed by atoms with Crippen molar-refractivity contribution in [3.05, 3.63) is 46.5 Å². The van der Waals surface area contributed by atoms with E-state index in [-0.39, 0.29) is 0 Å². The Kier molecular flexibility index (Phi) is 5.77. The SMILES string of the molecule is COc1cc(-c2nn(-c3ccc(Cl)cc3C)c3c2CCCCN3)cc(OC)c1OC. The molecule has 0 radical (unpaired) electrons. The van der Waals surface area contributed by atoms with Crippen LogP contribution < -0.4 is 19.5 Å². The van der Waals surface area contributed by atoms with E-state index < -0.39 is 0 Å². The standard InChI is InChI=1S/C23H26ClN3O3/c1-14-11-16(24)8-9-18(14)27-23-17(7-5-6-10-25-23)21(26-27)15-12-19(28-2)22(30-4)20(13-15)29-3/h8-9,11-13,25H,5-7,10H2,1-4H3. The average Bonchev–Trinajstić information content (AvgIpc) is 2.93. The fraction of sp³-hybridized carbons (Fsp3) is 0.348. The van der Waals surface area contributed by atoms with Gasteiger partial charge in [-0.15, -0.1) is 0 Å². The van der Waals surface area contributed by atoms with Crippen molar-refractivity contribution in [2.75, 3.05) is 33.2 Å². The lowest BCUT2D eigenvalue weighted by atomic mass is 10.0. The molecule has 30 heavy (non-hydrogen) atoms. The van der Waals surface area contributed by atoms with Crippen molar-refractivity contribution in [2.24, 2.45) is 0 Å². The number of hydrogen-bond acceptors (Lipinski definition) is 5. The van der Waals surface area contributed by atoms with Gasteiger partial charge in [-0.2, -0.15) is 5.10 Å². The first-order valence-corrected chi connectivity index (χ1v) is 10.4. The molecule has 1 aromatic heterocycles. The van der Waals surface area contributed by atoms with Crippen LogP contribution in [0.2, 0.25) is 5.02 Å². The molecular weight excluding hydrogens is 402 g/mol. The molecule has 0 unspecified atom stereocenters. The normalized spacial score (nSPS) is 13.2. The van der Waals surface area contributed by atoms with Gasteiger partial charge >= 0.3 is 0 Å². The number of rotatable bonds is 5. The summed E-state index contributed by atoms with van der Waals surface area (Å²) in [5, 5.41) is 9.33. The molecule has 0 fully saturated rings. The van der Waals surface area contributed by atoms with Gasteiger partial charge in [0.15, 0.2) is 11.5 Å². The highest BCUT2D eigenvalue weighted by Crippen LogP contribution is 2.43. The van der Waals surface area contributed by atoms with Crippen LogP contribution in [-0.4, -0.2) is 37.7 Å². The summed E-state index contributed by atoms with van der Waals surface area (Å²) >= 11 is 6.19. The quantitative estimate of drug-likeness (QED) is 0.600. The van der Waals surface area contributed by atoms with Crippen molar-refractivity contribution in [3.8, 4) is 34.2 Å². The third-order valence-corrected chi connectivity index (χ3v) is 5.69. The minimum Gasteiger partial charge on any atom is -0.493 e. The smallest absolute Gasteiger partial charge is 0.203 e. The summed E-state index contributed by atoms with van der Waals surface area (Å²) in [6.45, 7) is 2.96. The molecule has 0 saturated heterocycles. The van der Waals surface area contributed by atoms with E-state index in [0.29, 0.717) is 22.3 Å². The van der Waals surface area contributed by atoms with Gasteiger partial charge in [0.2, 0.25) is 5.75 Å². The second-order valence-corrected chi connectivity index (χ2v) is 7.75. The summed E-state index contributed by atoms with van der Waals surface area (Å²) in [5.74, 6) is 2.82. The number of aryl methyl sites for hydroxylation is 1. The molecule has 6 nitrogen and oxygen atoms in total. The van der Waals surface area contributed by atoms with Gasteiger partial charge in [-0.05, 0) is 62.1 Å². The summed E-state index contributed by atoms with van der Waals surface area (Å²) in [7, 11) is 4.85. The lowest BCUT2D eigenvalue weighted by molar-refractivity contribution is 0.324. The van der Waals surface area contributed by atoms with Crippen LogP contribution in [0.3, 0.4) is 0 Å². The third-order valence-electron chi connectivity index (χ3n) is 5.45. The predicted octanol–water partition coefficient (Wildman–Crippen LogP) is 5.28. The molecule has 0 spiro atoms. The summed E-state index contributed by atoms with van der Waals surface area (Å²) in [4.78, 5) is 0. The third kappa shape index (κ3) is 3.56. The van der Waals surface area contributed by atoms with Crippen molar-refractivity contribution < 1.29 is 14.2 Å². The van der Waals surface area contributed by atoms with Gasteiger partial charge in [-0.3, -0.25) is 0 Å². The van der Waals surface area contributed by atoms with Crippen molar-refractivity contribution in [3.63, 3.8) is 0 Å². The lowest BCUT2D eigenvalue weighted by Gasteiger charge is -2.14. The Morgan fingerprint density at radius 2 is 1.73 bits per heavy atom. The predicted molar refractivity (Wildman–Crippen MR) is 120 cm³/mol. The first-order chi connectivity index (χ1) is 14.6. The zero-order valence-electron chi connectivity index (χ0n) is 17.7. The number of halogens is 1. The molecule has 158 valence electrons. The Hall–Kier alpha value is -2.86. The van der Waals surface area contributed by atoms with Crippen molar-refractivity contribution in [1.29, 1.82) is 0 Å². The Morgan fingerprint density at radius 1 is 1.00 bits per heavy atom. The van der Waals surface area contributed by atoms with Crippen molar-refractivity contribution in [2.45, 2.75) is 26.2 Å². The number of anilines is 1. The highest BCUT2D eigenvalue weighted by Gasteiger charge is 2.24. The molecule has 0 atom stereocenters. The van der Waals surface area contributed by atoms with Crippen LogP contribution in [-0.2, 0) is 6.42 Å². The molecule has 2 heterocycles. The summed E-state index contributed by atoms with van der Waals surface area (Å²) in [6, 6.07) is 9.77. The molecule has 0 saturated carbocycles. The first-order valence-electron chi connectivity index (χ1n) is 10.00. The summed E-state index contributed by atoms with van der Waals surface area (Å²) in [5.41, 5.74) is 5.10. The molecule has 3 aromatic rings. The molecule has 7 heteroatoms. The number of aromatic nitrogens is 2. The van der Waals surface area contributed by atoms with Crippen LogP contribution in [0, 0.1) is 6.92 Å². The lowest BCUT2D eigenvalue weighted by Crippen LogP contribution is -2.08. The summed E-state index contributed by atoms with van der Waals surface area (Å²) < 4.78 is 18.6. The molecule has 0 amide bonds. The molecule has 4 rings (SSSR count). The van der Waals surface area contributed by atoms with Gasteiger partial charge in [0, 0.05) is 22.7 Å². The van der Waals surface area contributed by atoms with Crippen molar-refractivity contribution >= 4 is 17.4 Å². The van der Waals surface area contributed by atoms with E-state index in [0.717, 1.165) is 54.1 Å². The van der Waals surface area contributed by atoms with Gasteiger partial charge in [0.05, 0.1) is 32.7 Å². The topological polar surface area (TPSA) is 57.5 Å². The number of ether oxygens (including phenoxy) is 3. The van der Waals surface area contributed by atoms with E-state index >= 15 is 0 Å². The molecule has 1 N–H and O–H groups in total. The van der Waals surface area contributed by atoms with E-state index in [1.807, 2.05) is 41.9 Å². The number of benzene rings is 2. The van der Waals surface area contributed by atoms with Crippen LogP contribution in [0.1, 0.15) is 24.0 Å². The molecule has 1 aliphatic heterocycles. The minimum atomic E-state index is 0.570. The number of nitrogens with zero attached hydrogens (tertiary/aromatic N) is 2. The molecule has 0 aliphatic carbocycles. The number of nitrogens with one attached hydrogen (secondary N) is 1. The van der Waals surface area contributed by atoms with Crippen molar-refractivity contribution in [1.82, 2.24) is 9.78 Å². The van der Waals surface area contributed by atoms with Gasteiger partial charge in [0.1, 0.15) is 5.82 Å². The molecular formula is C23H26ClN3O3. The van der Waals surface area contributed by atoms with E-state index in [1.54, 1.807) is 21.3 Å². The fourth-order valence-corrected chi connectivity index (χ4v) is 4.21. The van der Waals surface area contributed by atoms with Crippen LogP contribution in [0.5, 0.6) is 17.2 Å². The van der Waals surface area contributed by atoms with Gasteiger partial charge in [-0.25, -0.2) is 4.68 Å². The zero-order valence-corrected chi connectivity index (χ0v) is 18.5. The van der Waals surface area contributed by atoms with E-state index in [4.69, 9.17) is 30.9 Å². The number of fused-ring (bicyclic) bond motifs is 1. The highest BCUT2D eigenvalue weighted by molar-refractivity contribution is 6.30. The molecule has 1 aliphatic rings. The second kappa shape index (κ2) is 8.48. The maximum absolute atomic E-state index is 6.19. The Labute approximate surface area is 181 Å². The largest absolute Gasteiger partial charge is 0.493 e. The van der Waals surface area contributed by atoms with Gasteiger partial charge in [-0.1, -0.05) is 11.6 Å². The van der Waals surface area contributed by atoms with Gasteiger partial charge in [0.25, 0.3) is 0 Å². The number of methoxy groups -OCH3 is 3. The minimum absolute atomic E-state index is 0.570. The van der Waals surface area contributed by atoms with E-state index in [2.05, 4.69) is 5.32 Å². The van der Waals surface area contributed by atoms with Crippen LogP contribution in [0.4, 0.5) is 5.82 Å². The summed E-state index contributed by atoms with van der Waals surface area (Å²) in [6.07, 6.45) is 3.16. The zero-order chi connectivity index (χ0) is 21.3. The van der Waals surface area contributed by atoms with Gasteiger partial charge < -0.3 is 19.5 Å². The monoisotopic (exact) mass is 427 g/mol.